The van der Waals surface area contributed by atoms with Crippen molar-refractivity contribution in [2.75, 3.05) is 13.7 Å². The Morgan fingerprint density at radius 1 is 1.24 bits per heavy atom. The molecule has 0 aromatic heterocycles. The van der Waals surface area contributed by atoms with Gasteiger partial charge in [0.2, 0.25) is 0 Å². The summed E-state index contributed by atoms with van der Waals surface area (Å²) in [6, 6.07) is 5.67. The fourth-order valence-corrected chi connectivity index (χ4v) is 3.91. The van der Waals surface area contributed by atoms with Crippen LogP contribution in [0.4, 0.5) is 4.39 Å². The van der Waals surface area contributed by atoms with Crippen LogP contribution in [0.1, 0.15) is 40.2 Å². The average Bonchev–Trinajstić information content (AvgIpc) is 2.79. The molecule has 0 amide bonds. The molecule has 1 aromatic carbocycles. The average molecular weight is 293 g/mol. The van der Waals surface area contributed by atoms with Crippen LogP contribution >= 0.6 is 0 Å². The summed E-state index contributed by atoms with van der Waals surface area (Å²) in [5.41, 5.74) is 1.67. The van der Waals surface area contributed by atoms with Gasteiger partial charge < -0.3 is 10.1 Å². The molecule has 0 heterocycles. The van der Waals surface area contributed by atoms with Gasteiger partial charge >= 0.3 is 0 Å². The van der Waals surface area contributed by atoms with Gasteiger partial charge in [0.15, 0.2) is 11.6 Å². The fourth-order valence-electron chi connectivity index (χ4n) is 3.91. The number of hydrogen-bond acceptors (Lipinski definition) is 2. The summed E-state index contributed by atoms with van der Waals surface area (Å²) in [4.78, 5) is 0. The molecule has 0 saturated heterocycles. The monoisotopic (exact) mass is 293 g/mol. The molecule has 1 fully saturated rings. The van der Waals surface area contributed by atoms with Crippen LogP contribution in [-0.4, -0.2) is 19.7 Å². The van der Waals surface area contributed by atoms with Crippen molar-refractivity contribution < 1.29 is 9.13 Å². The molecule has 1 saturated carbocycles. The molecule has 21 heavy (non-hydrogen) atoms. The topological polar surface area (TPSA) is 21.3 Å². The van der Waals surface area contributed by atoms with E-state index in [9.17, 15) is 4.39 Å². The molecule has 1 aliphatic carbocycles. The van der Waals surface area contributed by atoms with E-state index in [1.54, 1.807) is 12.1 Å². The zero-order chi connectivity index (χ0) is 15.8. The summed E-state index contributed by atoms with van der Waals surface area (Å²) in [6.07, 6.45) is 0.853. The highest BCUT2D eigenvalue weighted by atomic mass is 19.1. The zero-order valence-electron chi connectivity index (χ0n) is 14.1. The number of halogens is 1. The predicted octanol–water partition coefficient (Wildman–Crippen LogP) is 4.04. The second kappa shape index (κ2) is 5.60. The molecule has 118 valence electrons. The Bertz CT molecular complexity index is 496. The summed E-state index contributed by atoms with van der Waals surface area (Å²) in [7, 11) is 1.49. The third kappa shape index (κ3) is 2.80. The van der Waals surface area contributed by atoms with E-state index in [2.05, 4.69) is 39.9 Å². The molecule has 1 aromatic rings. The van der Waals surface area contributed by atoms with Crippen LogP contribution in [0.2, 0.25) is 0 Å². The first-order chi connectivity index (χ1) is 9.75. The van der Waals surface area contributed by atoms with E-state index in [0.717, 1.165) is 18.5 Å². The maximum atomic E-state index is 13.9. The maximum Gasteiger partial charge on any atom is 0.165 e. The number of ether oxygens (including phenoxy) is 1. The molecular weight excluding hydrogens is 265 g/mol. The third-order valence-electron chi connectivity index (χ3n) is 5.67. The molecule has 0 bridgehead atoms. The molecule has 1 N–H and O–H groups in total. The lowest BCUT2D eigenvalue weighted by atomic mass is 9.96. The largest absolute Gasteiger partial charge is 0.494 e. The maximum absolute atomic E-state index is 13.9. The van der Waals surface area contributed by atoms with Gasteiger partial charge in [0.05, 0.1) is 7.11 Å². The summed E-state index contributed by atoms with van der Waals surface area (Å²) in [6.45, 7) is 12.4. The Morgan fingerprint density at radius 3 is 2.29 bits per heavy atom. The van der Waals surface area contributed by atoms with Gasteiger partial charge in [-0.3, -0.25) is 0 Å². The van der Waals surface area contributed by atoms with Crippen LogP contribution < -0.4 is 10.1 Å². The molecule has 1 atom stereocenters. The lowest BCUT2D eigenvalue weighted by Gasteiger charge is -2.20. The number of benzene rings is 1. The number of rotatable bonds is 6. The molecule has 0 radical (unpaired) electrons. The van der Waals surface area contributed by atoms with Gasteiger partial charge in [0.1, 0.15) is 0 Å². The van der Waals surface area contributed by atoms with Gasteiger partial charge in [-0.05, 0) is 47.4 Å². The Kier molecular flexibility index (Phi) is 4.34. The Morgan fingerprint density at radius 2 is 1.86 bits per heavy atom. The molecule has 2 rings (SSSR count). The first-order valence-corrected chi connectivity index (χ1v) is 7.81. The summed E-state index contributed by atoms with van der Waals surface area (Å²) in [5.74, 6) is 0.639. The van der Waals surface area contributed by atoms with Crippen molar-refractivity contribution in [2.24, 2.45) is 16.7 Å². The second-order valence-electron chi connectivity index (χ2n) is 7.26. The zero-order valence-corrected chi connectivity index (χ0v) is 14.1. The van der Waals surface area contributed by atoms with Gasteiger partial charge in [-0.2, -0.15) is 0 Å². The highest BCUT2D eigenvalue weighted by Gasteiger charge is 2.66. The van der Waals surface area contributed by atoms with Crippen molar-refractivity contribution in [3.8, 4) is 5.75 Å². The lowest BCUT2D eigenvalue weighted by Crippen LogP contribution is -2.35. The van der Waals surface area contributed by atoms with Crippen LogP contribution in [0.3, 0.4) is 0 Å². The van der Waals surface area contributed by atoms with Crippen molar-refractivity contribution in [3.63, 3.8) is 0 Å². The van der Waals surface area contributed by atoms with Crippen molar-refractivity contribution in [3.05, 3.63) is 29.6 Å². The second-order valence-corrected chi connectivity index (χ2v) is 7.26. The molecule has 3 heteroatoms. The van der Waals surface area contributed by atoms with Crippen molar-refractivity contribution >= 4 is 0 Å². The first-order valence-electron chi connectivity index (χ1n) is 7.81. The lowest BCUT2D eigenvalue weighted by molar-refractivity contribution is 0.383. The SMILES string of the molecule is CCNC(Cc1ccc(OC)c(F)c1)C1C(C)(C)C1(C)C. The third-order valence-corrected chi connectivity index (χ3v) is 5.67. The smallest absolute Gasteiger partial charge is 0.165 e. The van der Waals surface area contributed by atoms with Crippen LogP contribution in [0, 0.1) is 22.6 Å². The standard InChI is InChI=1S/C18H28FNO/c1-7-20-14(16-17(2,3)18(16,4)5)11-12-8-9-15(21-6)13(19)10-12/h8-10,14,16,20H,7,11H2,1-6H3. The van der Waals surface area contributed by atoms with E-state index in [1.807, 2.05) is 6.07 Å². The highest BCUT2D eigenvalue weighted by Crippen LogP contribution is 2.69. The Hall–Kier alpha value is -1.09. The number of hydrogen-bond donors (Lipinski definition) is 1. The van der Waals surface area contributed by atoms with Gasteiger partial charge in [0.25, 0.3) is 0 Å². The van der Waals surface area contributed by atoms with Crippen LogP contribution in [-0.2, 0) is 6.42 Å². The summed E-state index contributed by atoms with van der Waals surface area (Å²) >= 11 is 0. The van der Waals surface area contributed by atoms with E-state index < -0.39 is 0 Å². The quantitative estimate of drug-likeness (QED) is 0.855. The number of methoxy groups -OCH3 is 1. The van der Waals surface area contributed by atoms with Crippen LogP contribution in [0.5, 0.6) is 5.75 Å². The van der Waals surface area contributed by atoms with Crippen molar-refractivity contribution in [1.82, 2.24) is 5.32 Å². The number of likely N-dealkylation sites (N-methyl/N-ethyl adjacent to an activating group) is 1. The van der Waals surface area contributed by atoms with Gasteiger partial charge in [-0.25, -0.2) is 4.39 Å². The fraction of sp³-hybridized carbons (Fsp3) is 0.667. The molecule has 0 aliphatic heterocycles. The van der Waals surface area contributed by atoms with E-state index in [1.165, 1.54) is 7.11 Å². The van der Waals surface area contributed by atoms with Gasteiger partial charge in [-0.15, -0.1) is 0 Å². The van der Waals surface area contributed by atoms with Gasteiger partial charge in [0, 0.05) is 6.04 Å². The van der Waals surface area contributed by atoms with E-state index >= 15 is 0 Å². The van der Waals surface area contributed by atoms with Crippen molar-refractivity contribution in [1.29, 1.82) is 0 Å². The van der Waals surface area contributed by atoms with Crippen molar-refractivity contribution in [2.45, 2.75) is 47.1 Å². The summed E-state index contributed by atoms with van der Waals surface area (Å²) in [5, 5.41) is 3.60. The minimum atomic E-state index is -0.278. The Balaban J connectivity index is 2.16. The van der Waals surface area contributed by atoms with Gasteiger partial charge in [-0.1, -0.05) is 40.7 Å². The summed E-state index contributed by atoms with van der Waals surface area (Å²) < 4.78 is 18.8. The molecule has 1 aliphatic rings. The van der Waals surface area contributed by atoms with E-state index in [-0.39, 0.29) is 5.82 Å². The minimum absolute atomic E-state index is 0.278. The van der Waals surface area contributed by atoms with Crippen LogP contribution in [0.25, 0.3) is 0 Å². The molecular formula is C18H28FNO. The normalized spacial score (nSPS) is 21.1. The first kappa shape index (κ1) is 16.3. The molecule has 0 spiro atoms. The minimum Gasteiger partial charge on any atom is -0.494 e. The highest BCUT2D eigenvalue weighted by molar-refractivity contribution is 5.30. The Labute approximate surface area is 128 Å². The van der Waals surface area contributed by atoms with E-state index in [4.69, 9.17) is 4.74 Å². The van der Waals surface area contributed by atoms with Crippen LogP contribution in [0.15, 0.2) is 18.2 Å². The predicted molar refractivity (Wildman–Crippen MR) is 85.2 cm³/mol. The van der Waals surface area contributed by atoms with E-state index in [0.29, 0.717) is 28.5 Å². The number of nitrogens with one attached hydrogen (secondary N) is 1. The molecule has 2 nitrogen and oxygen atoms in total. The molecule has 1 unspecified atom stereocenters.